The van der Waals surface area contributed by atoms with Gasteiger partial charge < -0.3 is 10.2 Å². The Hall–Kier alpha value is -2.78. The predicted molar refractivity (Wildman–Crippen MR) is 114 cm³/mol. The second kappa shape index (κ2) is 9.15. The van der Waals surface area contributed by atoms with Crippen LogP contribution < -0.4 is 5.32 Å². The van der Waals surface area contributed by atoms with Crippen LogP contribution in [0.5, 0.6) is 0 Å². The molecule has 0 bridgehead atoms. The van der Waals surface area contributed by atoms with E-state index in [4.69, 9.17) is 0 Å². The average Bonchev–Trinajstić information content (AvgIpc) is 3.18. The monoisotopic (exact) mass is 447 g/mol. The van der Waals surface area contributed by atoms with Crippen molar-refractivity contribution in [3.05, 3.63) is 65.5 Å². The van der Waals surface area contributed by atoms with E-state index in [9.17, 15) is 22.4 Å². The van der Waals surface area contributed by atoms with Crippen LogP contribution in [0.4, 0.5) is 4.39 Å². The molecule has 0 saturated carbocycles. The van der Waals surface area contributed by atoms with Gasteiger partial charge in [-0.05, 0) is 35.4 Å². The third-order valence-electron chi connectivity index (χ3n) is 5.45. The molecule has 1 N–H and O–H groups in total. The molecule has 0 unspecified atom stereocenters. The Kier molecular flexibility index (Phi) is 6.76. The normalized spacial score (nSPS) is 19.2. The molecule has 2 atom stereocenters. The molecule has 3 rings (SSSR count). The van der Waals surface area contributed by atoms with Gasteiger partial charge in [0.15, 0.2) is 0 Å². The molecule has 7 nitrogen and oxygen atoms in total. The van der Waals surface area contributed by atoms with E-state index in [0.29, 0.717) is 6.54 Å². The van der Waals surface area contributed by atoms with Crippen molar-refractivity contribution < 1.29 is 22.4 Å². The van der Waals surface area contributed by atoms with E-state index in [0.717, 1.165) is 23.3 Å². The van der Waals surface area contributed by atoms with Crippen LogP contribution >= 0.6 is 0 Å². The molecule has 1 heterocycles. The summed E-state index contributed by atoms with van der Waals surface area (Å²) in [7, 11) is -0.575. The van der Waals surface area contributed by atoms with E-state index in [-0.39, 0.29) is 35.7 Å². The number of hydrogen-bond donors (Lipinski definition) is 1. The summed E-state index contributed by atoms with van der Waals surface area (Å²) in [6.07, 6.45) is 0. The van der Waals surface area contributed by atoms with Crippen LogP contribution in [0.25, 0.3) is 0 Å². The van der Waals surface area contributed by atoms with E-state index in [1.165, 1.54) is 28.3 Å². The number of halogens is 1. The number of sulfonamides is 1. The lowest BCUT2D eigenvalue weighted by molar-refractivity contribution is -0.132. The predicted octanol–water partition coefficient (Wildman–Crippen LogP) is 1.95. The zero-order valence-corrected chi connectivity index (χ0v) is 18.5. The van der Waals surface area contributed by atoms with Crippen molar-refractivity contribution in [1.29, 1.82) is 0 Å². The number of carbonyl (C=O) groups excluding carboxylic acids is 2. The first-order valence-electron chi connectivity index (χ1n) is 9.89. The summed E-state index contributed by atoms with van der Waals surface area (Å²) in [6.45, 7) is 2.04. The van der Waals surface area contributed by atoms with Crippen LogP contribution in [0.1, 0.15) is 24.0 Å². The van der Waals surface area contributed by atoms with E-state index >= 15 is 0 Å². The molecule has 31 heavy (non-hydrogen) atoms. The summed E-state index contributed by atoms with van der Waals surface area (Å²) in [6, 6.07) is 12.1. The first-order chi connectivity index (χ1) is 14.6. The van der Waals surface area contributed by atoms with Crippen LogP contribution in [-0.2, 0) is 26.2 Å². The van der Waals surface area contributed by atoms with Crippen molar-refractivity contribution >= 4 is 21.8 Å². The van der Waals surface area contributed by atoms with Crippen molar-refractivity contribution in [2.75, 3.05) is 27.2 Å². The molecule has 9 heteroatoms. The highest BCUT2D eigenvalue weighted by molar-refractivity contribution is 7.89. The summed E-state index contributed by atoms with van der Waals surface area (Å²) >= 11 is 0. The van der Waals surface area contributed by atoms with Crippen molar-refractivity contribution in [3.8, 4) is 0 Å². The van der Waals surface area contributed by atoms with E-state index in [2.05, 4.69) is 5.32 Å². The van der Waals surface area contributed by atoms with E-state index < -0.39 is 21.8 Å². The topological polar surface area (TPSA) is 86.8 Å². The van der Waals surface area contributed by atoms with Gasteiger partial charge in [0.2, 0.25) is 21.8 Å². The molecule has 0 spiro atoms. The Balaban J connectivity index is 1.88. The van der Waals surface area contributed by atoms with Gasteiger partial charge in [0.1, 0.15) is 5.82 Å². The van der Waals surface area contributed by atoms with Gasteiger partial charge in [0.25, 0.3) is 0 Å². The number of carbonyl (C=O) groups is 2. The van der Waals surface area contributed by atoms with E-state index in [1.807, 2.05) is 24.3 Å². The van der Waals surface area contributed by atoms with Crippen LogP contribution in [0.15, 0.2) is 53.4 Å². The fourth-order valence-corrected chi connectivity index (χ4v) is 5.24. The molecule has 1 aliphatic rings. The second-order valence-electron chi connectivity index (χ2n) is 7.87. The quantitative estimate of drug-likeness (QED) is 0.733. The van der Waals surface area contributed by atoms with E-state index in [1.54, 1.807) is 14.1 Å². The van der Waals surface area contributed by atoms with Crippen LogP contribution in [0.2, 0.25) is 0 Å². The average molecular weight is 448 g/mol. The van der Waals surface area contributed by atoms with Crippen LogP contribution in [0, 0.1) is 11.7 Å². The molecule has 0 aromatic heterocycles. The van der Waals surface area contributed by atoms with Crippen molar-refractivity contribution in [1.82, 2.24) is 14.5 Å². The molecule has 166 valence electrons. The molecule has 1 saturated heterocycles. The summed E-state index contributed by atoms with van der Waals surface area (Å²) in [5, 5.41) is 2.73. The van der Waals surface area contributed by atoms with Crippen LogP contribution in [-0.4, -0.2) is 56.6 Å². The highest BCUT2D eigenvalue weighted by Crippen LogP contribution is 2.36. The first kappa shape index (κ1) is 22.9. The van der Waals surface area contributed by atoms with Gasteiger partial charge in [0, 0.05) is 46.6 Å². The van der Waals surface area contributed by atoms with Gasteiger partial charge >= 0.3 is 0 Å². The van der Waals surface area contributed by atoms with Gasteiger partial charge in [-0.1, -0.05) is 24.3 Å². The summed E-state index contributed by atoms with van der Waals surface area (Å²) in [5.74, 6) is -1.65. The number of nitrogens with zero attached hydrogens (tertiary/aromatic N) is 2. The lowest BCUT2D eigenvalue weighted by Crippen LogP contribution is -2.34. The zero-order chi connectivity index (χ0) is 22.8. The number of amides is 2. The summed E-state index contributed by atoms with van der Waals surface area (Å²) in [4.78, 5) is 25.4. The Morgan fingerprint density at radius 2 is 1.68 bits per heavy atom. The van der Waals surface area contributed by atoms with Crippen molar-refractivity contribution in [2.24, 2.45) is 5.92 Å². The molecule has 0 aliphatic carbocycles. The van der Waals surface area contributed by atoms with Crippen molar-refractivity contribution in [3.63, 3.8) is 0 Å². The van der Waals surface area contributed by atoms with Gasteiger partial charge in [-0.25, -0.2) is 12.8 Å². The molecular weight excluding hydrogens is 421 g/mol. The number of hydrogen-bond acceptors (Lipinski definition) is 4. The second-order valence-corrected chi connectivity index (χ2v) is 9.81. The molecular formula is C22H26FN3O4S. The molecule has 0 radical (unpaired) electrons. The maximum absolute atomic E-state index is 13.2. The smallest absolute Gasteiger partial charge is 0.243 e. The SMILES string of the molecule is CC(=O)NCc1ccc([C@H]2CN(S(=O)(=O)c3ccc(F)cc3)C[C@@H]2C(=O)N(C)C)cc1. The molecule has 1 fully saturated rings. The fraction of sp³-hybridized carbons (Fsp3) is 0.364. The minimum atomic E-state index is -3.87. The number of nitrogens with one attached hydrogen (secondary N) is 1. The summed E-state index contributed by atoms with van der Waals surface area (Å²) in [5.41, 5.74) is 1.76. The van der Waals surface area contributed by atoms with Gasteiger partial charge in [-0.15, -0.1) is 0 Å². The highest BCUT2D eigenvalue weighted by Gasteiger charge is 2.43. The third kappa shape index (κ3) is 5.11. The maximum atomic E-state index is 13.2. The van der Waals surface area contributed by atoms with Gasteiger partial charge in [-0.3, -0.25) is 9.59 Å². The maximum Gasteiger partial charge on any atom is 0.243 e. The number of benzene rings is 2. The van der Waals surface area contributed by atoms with Crippen LogP contribution in [0.3, 0.4) is 0 Å². The van der Waals surface area contributed by atoms with Gasteiger partial charge in [-0.2, -0.15) is 4.31 Å². The zero-order valence-electron chi connectivity index (χ0n) is 17.7. The Bertz CT molecular complexity index is 1050. The lowest BCUT2D eigenvalue weighted by atomic mass is 9.87. The Morgan fingerprint density at radius 1 is 1.06 bits per heavy atom. The van der Waals surface area contributed by atoms with Gasteiger partial charge in [0.05, 0.1) is 10.8 Å². The van der Waals surface area contributed by atoms with Crippen molar-refractivity contribution in [2.45, 2.75) is 24.3 Å². The minimum Gasteiger partial charge on any atom is -0.352 e. The fourth-order valence-electron chi connectivity index (χ4n) is 3.75. The summed E-state index contributed by atoms with van der Waals surface area (Å²) < 4.78 is 40.7. The lowest BCUT2D eigenvalue weighted by Gasteiger charge is -2.21. The molecule has 2 amide bonds. The highest BCUT2D eigenvalue weighted by atomic mass is 32.2. The molecule has 1 aliphatic heterocycles. The Morgan fingerprint density at radius 3 is 2.23 bits per heavy atom. The number of rotatable bonds is 6. The Labute approximate surface area is 181 Å². The standard InChI is InChI=1S/C22H26FN3O4S/c1-15(27)24-12-16-4-6-17(7-5-16)20-13-26(14-21(20)22(28)25(2)3)31(29,30)19-10-8-18(23)9-11-19/h4-11,20-21H,12-14H2,1-3H3,(H,24,27)/t20-,21+/m1/s1. The largest absolute Gasteiger partial charge is 0.352 e. The third-order valence-corrected chi connectivity index (χ3v) is 7.29. The minimum absolute atomic E-state index is 0.00347. The first-order valence-corrected chi connectivity index (χ1v) is 11.3. The molecule has 2 aromatic carbocycles. The molecule has 2 aromatic rings.